The number of ether oxygens (including phenoxy) is 1. The fourth-order valence-electron chi connectivity index (χ4n) is 2.24. The van der Waals surface area contributed by atoms with Crippen molar-refractivity contribution in [3.05, 3.63) is 0 Å². The van der Waals surface area contributed by atoms with Crippen LogP contribution >= 0.6 is 0 Å². The predicted octanol–water partition coefficient (Wildman–Crippen LogP) is 0.393. The molecule has 3 fully saturated rings. The smallest absolute Gasteiger partial charge is 0.335 e. The average Bonchev–Trinajstić information content (AvgIpc) is 2.20. The summed E-state index contributed by atoms with van der Waals surface area (Å²) in [5.41, 5.74) is -1.08. The first-order valence-corrected chi connectivity index (χ1v) is 4.61. The van der Waals surface area contributed by atoms with Crippen molar-refractivity contribution in [2.24, 2.45) is 5.41 Å². The molecular formula is C9H14O4. The molecule has 13 heavy (non-hydrogen) atoms. The second-order valence-corrected chi connectivity index (χ2v) is 4.25. The van der Waals surface area contributed by atoms with Gasteiger partial charge in [0.2, 0.25) is 0 Å². The number of hydrogen-bond donors (Lipinski definition) is 2. The number of carbonyl (C=O) groups is 1. The Kier molecular flexibility index (Phi) is 1.85. The van der Waals surface area contributed by atoms with E-state index in [4.69, 9.17) is 14.9 Å². The first-order chi connectivity index (χ1) is 6.13. The molecule has 2 saturated heterocycles. The highest BCUT2D eigenvalue weighted by atomic mass is 16.5. The maximum absolute atomic E-state index is 10.9. The summed E-state index contributed by atoms with van der Waals surface area (Å²) in [5, 5.41) is 18.1. The Balaban J connectivity index is 2.16. The van der Waals surface area contributed by atoms with E-state index in [2.05, 4.69) is 0 Å². The van der Waals surface area contributed by atoms with Crippen LogP contribution in [-0.4, -0.2) is 35.0 Å². The van der Waals surface area contributed by atoms with Gasteiger partial charge in [-0.05, 0) is 25.7 Å². The van der Waals surface area contributed by atoms with Gasteiger partial charge in [-0.15, -0.1) is 0 Å². The first kappa shape index (κ1) is 8.97. The number of aliphatic carboxylic acids is 1. The van der Waals surface area contributed by atoms with Gasteiger partial charge in [0.15, 0.2) is 5.60 Å². The van der Waals surface area contributed by atoms with Gasteiger partial charge in [0.1, 0.15) is 0 Å². The van der Waals surface area contributed by atoms with Gasteiger partial charge in [0, 0.05) is 5.41 Å². The molecule has 2 N–H and O–H groups in total. The molecule has 4 heteroatoms. The van der Waals surface area contributed by atoms with Crippen LogP contribution in [0, 0.1) is 5.41 Å². The standard InChI is InChI=1S/C9H14O4/c10-5-8-1-3-9(4-2-8,7(11)12)13-6-8/h10H,1-6H2,(H,11,12). The predicted molar refractivity (Wildman–Crippen MR) is 44.3 cm³/mol. The van der Waals surface area contributed by atoms with Crippen LogP contribution in [0.15, 0.2) is 0 Å². The molecular weight excluding hydrogens is 172 g/mol. The third-order valence-corrected chi connectivity index (χ3v) is 3.50. The molecule has 3 rings (SSSR count). The number of carboxylic acid groups (broad SMARTS) is 1. The molecule has 0 atom stereocenters. The van der Waals surface area contributed by atoms with Crippen LogP contribution in [0.3, 0.4) is 0 Å². The molecule has 1 saturated carbocycles. The molecule has 0 spiro atoms. The lowest BCUT2D eigenvalue weighted by Gasteiger charge is -2.50. The zero-order chi connectivity index (χ0) is 9.53. The van der Waals surface area contributed by atoms with Crippen molar-refractivity contribution < 1.29 is 19.7 Å². The Labute approximate surface area is 76.5 Å². The van der Waals surface area contributed by atoms with Crippen molar-refractivity contribution in [3.63, 3.8) is 0 Å². The minimum atomic E-state index is -0.934. The molecule has 0 aromatic heterocycles. The summed E-state index contributed by atoms with van der Waals surface area (Å²) < 4.78 is 5.36. The summed E-state index contributed by atoms with van der Waals surface area (Å²) >= 11 is 0. The van der Waals surface area contributed by atoms with Crippen LogP contribution in [0.1, 0.15) is 25.7 Å². The van der Waals surface area contributed by atoms with E-state index < -0.39 is 11.6 Å². The van der Waals surface area contributed by atoms with Crippen LogP contribution in [0.4, 0.5) is 0 Å². The molecule has 1 aliphatic carbocycles. The number of rotatable bonds is 2. The molecule has 3 aliphatic rings. The zero-order valence-electron chi connectivity index (χ0n) is 7.45. The van der Waals surface area contributed by atoms with E-state index in [0.29, 0.717) is 19.4 Å². The SMILES string of the molecule is O=C(O)C12CCC(CO)(CC1)CO2. The summed E-state index contributed by atoms with van der Waals surface area (Å²) in [5.74, 6) is -0.848. The zero-order valence-corrected chi connectivity index (χ0v) is 7.45. The highest BCUT2D eigenvalue weighted by molar-refractivity contribution is 5.77. The van der Waals surface area contributed by atoms with E-state index >= 15 is 0 Å². The van der Waals surface area contributed by atoms with Crippen molar-refractivity contribution in [3.8, 4) is 0 Å². The summed E-state index contributed by atoms with van der Waals surface area (Å²) in [4.78, 5) is 10.9. The van der Waals surface area contributed by atoms with Gasteiger partial charge < -0.3 is 14.9 Å². The highest BCUT2D eigenvalue weighted by Crippen LogP contribution is 2.48. The molecule has 0 aromatic rings. The normalized spacial score (nSPS) is 43.5. The highest BCUT2D eigenvalue weighted by Gasteiger charge is 2.53. The Morgan fingerprint density at radius 1 is 1.31 bits per heavy atom. The van der Waals surface area contributed by atoms with Crippen LogP contribution in [0.2, 0.25) is 0 Å². The monoisotopic (exact) mass is 186 g/mol. The molecule has 74 valence electrons. The topological polar surface area (TPSA) is 66.8 Å². The molecule has 0 radical (unpaired) electrons. The molecule has 0 aromatic carbocycles. The fraction of sp³-hybridized carbons (Fsp3) is 0.889. The molecule has 0 unspecified atom stereocenters. The third kappa shape index (κ3) is 1.16. The van der Waals surface area contributed by atoms with Crippen molar-refractivity contribution in [2.45, 2.75) is 31.3 Å². The summed E-state index contributed by atoms with van der Waals surface area (Å²) in [6, 6.07) is 0. The van der Waals surface area contributed by atoms with Crippen molar-refractivity contribution in [2.75, 3.05) is 13.2 Å². The Hall–Kier alpha value is -0.610. The van der Waals surface area contributed by atoms with Gasteiger partial charge in [-0.2, -0.15) is 0 Å². The van der Waals surface area contributed by atoms with E-state index in [0.717, 1.165) is 12.8 Å². The van der Waals surface area contributed by atoms with Crippen LogP contribution in [-0.2, 0) is 9.53 Å². The second kappa shape index (κ2) is 2.69. The molecule has 2 aliphatic heterocycles. The number of aliphatic hydroxyl groups is 1. The van der Waals surface area contributed by atoms with Crippen molar-refractivity contribution >= 4 is 5.97 Å². The Bertz CT molecular complexity index is 211. The molecule has 2 bridgehead atoms. The molecule has 2 heterocycles. The maximum atomic E-state index is 10.9. The van der Waals surface area contributed by atoms with Crippen LogP contribution in [0.25, 0.3) is 0 Å². The van der Waals surface area contributed by atoms with E-state index in [1.165, 1.54) is 0 Å². The van der Waals surface area contributed by atoms with Gasteiger partial charge in [-0.25, -0.2) is 4.79 Å². The largest absolute Gasteiger partial charge is 0.479 e. The van der Waals surface area contributed by atoms with E-state index in [1.54, 1.807) is 0 Å². The van der Waals surface area contributed by atoms with Gasteiger partial charge in [-0.3, -0.25) is 0 Å². The lowest BCUT2D eigenvalue weighted by Crippen LogP contribution is -2.56. The Morgan fingerprint density at radius 3 is 2.23 bits per heavy atom. The number of hydrogen-bond acceptors (Lipinski definition) is 3. The number of fused-ring (bicyclic) bond motifs is 3. The Morgan fingerprint density at radius 2 is 1.92 bits per heavy atom. The minimum Gasteiger partial charge on any atom is -0.479 e. The molecule has 4 nitrogen and oxygen atoms in total. The quantitative estimate of drug-likeness (QED) is 0.654. The lowest BCUT2D eigenvalue weighted by molar-refractivity contribution is -0.212. The maximum Gasteiger partial charge on any atom is 0.335 e. The van der Waals surface area contributed by atoms with Crippen LogP contribution in [0.5, 0.6) is 0 Å². The molecule has 0 amide bonds. The van der Waals surface area contributed by atoms with Gasteiger partial charge in [-0.1, -0.05) is 0 Å². The third-order valence-electron chi connectivity index (χ3n) is 3.50. The van der Waals surface area contributed by atoms with Gasteiger partial charge >= 0.3 is 5.97 Å². The first-order valence-electron chi connectivity index (χ1n) is 4.61. The fourth-order valence-corrected chi connectivity index (χ4v) is 2.24. The van der Waals surface area contributed by atoms with E-state index in [-0.39, 0.29) is 12.0 Å². The second-order valence-electron chi connectivity index (χ2n) is 4.25. The minimum absolute atomic E-state index is 0.114. The van der Waals surface area contributed by atoms with Crippen LogP contribution < -0.4 is 0 Å². The average molecular weight is 186 g/mol. The summed E-state index contributed by atoms with van der Waals surface area (Å²) in [7, 11) is 0. The summed E-state index contributed by atoms with van der Waals surface area (Å²) in [6.07, 6.45) is 2.64. The lowest BCUT2D eigenvalue weighted by atomic mass is 9.66. The number of carboxylic acids is 1. The van der Waals surface area contributed by atoms with E-state index in [9.17, 15) is 4.79 Å². The summed E-state index contributed by atoms with van der Waals surface area (Å²) in [6.45, 7) is 0.512. The van der Waals surface area contributed by atoms with Gasteiger partial charge in [0.25, 0.3) is 0 Å². The number of aliphatic hydroxyl groups excluding tert-OH is 1. The van der Waals surface area contributed by atoms with E-state index in [1.807, 2.05) is 0 Å². The van der Waals surface area contributed by atoms with Gasteiger partial charge in [0.05, 0.1) is 13.2 Å². The van der Waals surface area contributed by atoms with Crippen molar-refractivity contribution in [1.82, 2.24) is 0 Å². The van der Waals surface area contributed by atoms with Crippen molar-refractivity contribution in [1.29, 1.82) is 0 Å².